The molecule has 1 heterocycles. The first-order valence-electron chi connectivity index (χ1n) is 7.82. The molecule has 0 bridgehead atoms. The van der Waals surface area contributed by atoms with Gasteiger partial charge in [0.15, 0.2) is 0 Å². The fourth-order valence-electron chi connectivity index (χ4n) is 3.13. The molecule has 0 aromatic heterocycles. The fourth-order valence-corrected chi connectivity index (χ4v) is 3.54. The third kappa shape index (κ3) is 4.06. The van der Waals surface area contributed by atoms with Crippen LogP contribution in [0.25, 0.3) is 0 Å². The van der Waals surface area contributed by atoms with Gasteiger partial charge in [0.05, 0.1) is 0 Å². The standard InChI is InChI=1S/C17H27BrN2/c1-4-7-15-12-20(17(10-19-15)13(2)3)11-14-8-5-6-9-16(14)18/h5-6,8-9,13,15,17,19H,4,7,10-12H2,1-3H3. The van der Waals surface area contributed by atoms with Crippen molar-refractivity contribution in [2.24, 2.45) is 5.92 Å². The zero-order valence-electron chi connectivity index (χ0n) is 12.9. The van der Waals surface area contributed by atoms with E-state index < -0.39 is 0 Å². The first kappa shape index (κ1) is 16.0. The van der Waals surface area contributed by atoms with Crippen LogP contribution in [0.4, 0.5) is 0 Å². The van der Waals surface area contributed by atoms with Gasteiger partial charge in [0.1, 0.15) is 0 Å². The van der Waals surface area contributed by atoms with E-state index in [0.717, 1.165) is 19.6 Å². The van der Waals surface area contributed by atoms with Gasteiger partial charge in [0, 0.05) is 36.2 Å². The molecule has 0 radical (unpaired) electrons. The summed E-state index contributed by atoms with van der Waals surface area (Å²) in [6.45, 7) is 10.3. The van der Waals surface area contributed by atoms with E-state index in [9.17, 15) is 0 Å². The summed E-state index contributed by atoms with van der Waals surface area (Å²) in [5.74, 6) is 0.688. The Morgan fingerprint density at radius 1 is 1.35 bits per heavy atom. The summed E-state index contributed by atoms with van der Waals surface area (Å²) in [5, 5.41) is 3.73. The Morgan fingerprint density at radius 3 is 2.75 bits per heavy atom. The van der Waals surface area contributed by atoms with Crippen LogP contribution in [-0.4, -0.2) is 30.1 Å². The summed E-state index contributed by atoms with van der Waals surface area (Å²) in [6, 6.07) is 9.89. The lowest BCUT2D eigenvalue weighted by atomic mass is 9.96. The summed E-state index contributed by atoms with van der Waals surface area (Å²) < 4.78 is 1.23. The van der Waals surface area contributed by atoms with Gasteiger partial charge in [-0.15, -0.1) is 0 Å². The van der Waals surface area contributed by atoms with Crippen molar-refractivity contribution >= 4 is 15.9 Å². The fraction of sp³-hybridized carbons (Fsp3) is 0.647. The lowest BCUT2D eigenvalue weighted by molar-refractivity contribution is 0.0883. The lowest BCUT2D eigenvalue weighted by Crippen LogP contribution is -2.57. The van der Waals surface area contributed by atoms with Crippen LogP contribution >= 0.6 is 15.9 Å². The van der Waals surface area contributed by atoms with Gasteiger partial charge in [0.25, 0.3) is 0 Å². The second kappa shape index (κ2) is 7.58. The molecule has 0 spiro atoms. The van der Waals surface area contributed by atoms with Gasteiger partial charge in [0.2, 0.25) is 0 Å². The first-order chi connectivity index (χ1) is 9.61. The van der Waals surface area contributed by atoms with E-state index >= 15 is 0 Å². The molecule has 1 saturated heterocycles. The number of rotatable bonds is 5. The predicted octanol–water partition coefficient (Wildman–Crippen LogP) is 4.05. The van der Waals surface area contributed by atoms with Crippen molar-refractivity contribution in [2.45, 2.75) is 52.2 Å². The van der Waals surface area contributed by atoms with Crippen molar-refractivity contribution in [2.75, 3.05) is 13.1 Å². The van der Waals surface area contributed by atoms with Crippen molar-refractivity contribution in [3.8, 4) is 0 Å². The molecular formula is C17H27BrN2. The Hall–Kier alpha value is -0.380. The predicted molar refractivity (Wildman–Crippen MR) is 89.9 cm³/mol. The number of hydrogen-bond acceptors (Lipinski definition) is 2. The number of nitrogens with zero attached hydrogens (tertiary/aromatic N) is 1. The Bertz CT molecular complexity index is 419. The first-order valence-corrected chi connectivity index (χ1v) is 8.62. The molecule has 1 fully saturated rings. The third-order valence-electron chi connectivity index (χ3n) is 4.28. The van der Waals surface area contributed by atoms with Crippen LogP contribution in [0, 0.1) is 5.92 Å². The highest BCUT2D eigenvalue weighted by atomic mass is 79.9. The molecule has 1 N–H and O–H groups in total. The van der Waals surface area contributed by atoms with Gasteiger partial charge < -0.3 is 5.32 Å². The average Bonchev–Trinajstić information content (AvgIpc) is 2.42. The molecule has 1 aliphatic rings. The normalized spacial score (nSPS) is 24.2. The summed E-state index contributed by atoms with van der Waals surface area (Å²) in [5.41, 5.74) is 1.40. The number of hydrogen-bond donors (Lipinski definition) is 1. The molecule has 2 nitrogen and oxygen atoms in total. The molecule has 1 aliphatic heterocycles. The minimum absolute atomic E-state index is 0.634. The maximum absolute atomic E-state index is 3.73. The van der Waals surface area contributed by atoms with E-state index in [0.29, 0.717) is 18.0 Å². The third-order valence-corrected chi connectivity index (χ3v) is 5.05. The van der Waals surface area contributed by atoms with Crippen LogP contribution in [0.1, 0.15) is 39.2 Å². The molecule has 1 aromatic carbocycles. The van der Waals surface area contributed by atoms with Crippen LogP contribution in [0.5, 0.6) is 0 Å². The summed E-state index contributed by atoms with van der Waals surface area (Å²) in [7, 11) is 0. The largest absolute Gasteiger partial charge is 0.311 e. The number of nitrogens with one attached hydrogen (secondary N) is 1. The maximum atomic E-state index is 3.73. The Balaban J connectivity index is 2.09. The van der Waals surface area contributed by atoms with Gasteiger partial charge in [-0.3, -0.25) is 4.90 Å². The number of benzene rings is 1. The monoisotopic (exact) mass is 338 g/mol. The van der Waals surface area contributed by atoms with E-state index in [1.807, 2.05) is 0 Å². The van der Waals surface area contributed by atoms with Crippen LogP contribution in [0.15, 0.2) is 28.7 Å². The van der Waals surface area contributed by atoms with Crippen molar-refractivity contribution in [3.05, 3.63) is 34.3 Å². The van der Waals surface area contributed by atoms with Crippen molar-refractivity contribution < 1.29 is 0 Å². The molecule has 2 atom stereocenters. The van der Waals surface area contributed by atoms with E-state index in [-0.39, 0.29) is 0 Å². The molecule has 0 amide bonds. The number of halogens is 1. The van der Waals surface area contributed by atoms with E-state index in [1.54, 1.807) is 0 Å². The van der Waals surface area contributed by atoms with Crippen LogP contribution in [0.2, 0.25) is 0 Å². The van der Waals surface area contributed by atoms with Gasteiger partial charge in [-0.25, -0.2) is 0 Å². The molecule has 20 heavy (non-hydrogen) atoms. The van der Waals surface area contributed by atoms with Gasteiger partial charge >= 0.3 is 0 Å². The lowest BCUT2D eigenvalue weighted by Gasteiger charge is -2.42. The molecule has 3 heteroatoms. The van der Waals surface area contributed by atoms with Crippen molar-refractivity contribution in [1.29, 1.82) is 0 Å². The second-order valence-electron chi connectivity index (χ2n) is 6.23. The van der Waals surface area contributed by atoms with E-state index in [4.69, 9.17) is 0 Å². The molecule has 2 unspecified atom stereocenters. The minimum atomic E-state index is 0.634. The van der Waals surface area contributed by atoms with Crippen LogP contribution in [-0.2, 0) is 6.54 Å². The molecular weight excluding hydrogens is 312 g/mol. The highest BCUT2D eigenvalue weighted by Gasteiger charge is 2.29. The zero-order chi connectivity index (χ0) is 14.5. The van der Waals surface area contributed by atoms with Crippen molar-refractivity contribution in [3.63, 3.8) is 0 Å². The number of piperazine rings is 1. The summed E-state index contributed by atoms with van der Waals surface area (Å²) in [6.07, 6.45) is 2.53. The Labute approximate surface area is 132 Å². The maximum Gasteiger partial charge on any atom is 0.0249 e. The van der Waals surface area contributed by atoms with Gasteiger partial charge in [-0.2, -0.15) is 0 Å². The topological polar surface area (TPSA) is 15.3 Å². The van der Waals surface area contributed by atoms with Crippen LogP contribution < -0.4 is 5.32 Å². The zero-order valence-corrected chi connectivity index (χ0v) is 14.5. The Morgan fingerprint density at radius 2 is 2.10 bits per heavy atom. The highest BCUT2D eigenvalue weighted by Crippen LogP contribution is 2.23. The van der Waals surface area contributed by atoms with Crippen molar-refractivity contribution in [1.82, 2.24) is 10.2 Å². The van der Waals surface area contributed by atoms with Crippen LogP contribution in [0.3, 0.4) is 0 Å². The summed E-state index contributed by atoms with van der Waals surface area (Å²) >= 11 is 3.68. The summed E-state index contributed by atoms with van der Waals surface area (Å²) in [4.78, 5) is 2.67. The smallest absolute Gasteiger partial charge is 0.0249 e. The average molecular weight is 339 g/mol. The minimum Gasteiger partial charge on any atom is -0.311 e. The molecule has 2 rings (SSSR count). The van der Waals surface area contributed by atoms with Gasteiger partial charge in [-0.1, -0.05) is 61.3 Å². The highest BCUT2D eigenvalue weighted by molar-refractivity contribution is 9.10. The Kier molecular flexibility index (Phi) is 6.06. The quantitative estimate of drug-likeness (QED) is 0.871. The van der Waals surface area contributed by atoms with E-state index in [2.05, 4.69) is 71.2 Å². The molecule has 1 aromatic rings. The molecule has 0 saturated carbocycles. The second-order valence-corrected chi connectivity index (χ2v) is 7.08. The van der Waals surface area contributed by atoms with Gasteiger partial charge in [-0.05, 0) is 24.0 Å². The molecule has 112 valence electrons. The molecule has 0 aliphatic carbocycles. The van der Waals surface area contributed by atoms with E-state index in [1.165, 1.54) is 22.9 Å². The SMILES string of the molecule is CCCC1CN(Cc2ccccc2Br)C(C(C)C)CN1.